The first kappa shape index (κ1) is 23.4. The number of nitrogens with zero attached hydrogens (tertiary/aromatic N) is 3. The molecule has 1 aliphatic rings. The second-order valence-corrected chi connectivity index (χ2v) is 8.86. The Morgan fingerprint density at radius 1 is 1.18 bits per heavy atom. The lowest BCUT2D eigenvalue weighted by atomic mass is 10.1. The Hall–Kier alpha value is -3.73. The van der Waals surface area contributed by atoms with Crippen LogP contribution in [0.5, 0.6) is 0 Å². The number of carbonyl (C=O) groups excluding carboxylic acids is 3. The van der Waals surface area contributed by atoms with Crippen LogP contribution in [-0.2, 0) is 16.0 Å². The average Bonchev–Trinajstić information content (AvgIpc) is 3.17. The number of hydrogen-bond donors (Lipinski definition) is 3. The van der Waals surface area contributed by atoms with Crippen LogP contribution in [0.4, 0.5) is 14.9 Å². The summed E-state index contributed by atoms with van der Waals surface area (Å²) in [5, 5.41) is 16.7. The normalized spacial score (nSPS) is 15.6. The standard InChI is InChI=1S/C23H23FN6O3S/c1-13-4-3-5-18(14(13)2)26-21(32)12-34-23-29-28-19(10-16-11-20(31)27-22(33)25-16)30(23)17-8-6-15(24)7-9-17/h3-9,16H,10-12H2,1-2H3,(H,26,32)(H2,25,27,31,33). The first-order chi connectivity index (χ1) is 16.3. The summed E-state index contributed by atoms with van der Waals surface area (Å²) < 4.78 is 15.2. The molecule has 0 bridgehead atoms. The molecular formula is C23H23FN6O3S. The van der Waals surface area contributed by atoms with Crippen molar-refractivity contribution in [2.75, 3.05) is 11.1 Å². The van der Waals surface area contributed by atoms with Gasteiger partial charge in [-0.05, 0) is 55.3 Å². The van der Waals surface area contributed by atoms with Crippen LogP contribution in [-0.4, -0.2) is 44.4 Å². The highest BCUT2D eigenvalue weighted by Crippen LogP contribution is 2.25. The Balaban J connectivity index is 1.54. The molecule has 1 saturated heterocycles. The third-order valence-electron chi connectivity index (χ3n) is 5.45. The number of benzene rings is 2. The number of rotatable bonds is 7. The zero-order chi connectivity index (χ0) is 24.2. The van der Waals surface area contributed by atoms with E-state index in [2.05, 4.69) is 26.1 Å². The molecular weight excluding hydrogens is 459 g/mol. The fourth-order valence-electron chi connectivity index (χ4n) is 3.60. The Bertz CT molecular complexity index is 1230. The van der Waals surface area contributed by atoms with Crippen molar-refractivity contribution in [3.8, 4) is 5.69 Å². The predicted molar refractivity (Wildman–Crippen MR) is 125 cm³/mol. The van der Waals surface area contributed by atoms with Gasteiger partial charge in [0.2, 0.25) is 11.8 Å². The van der Waals surface area contributed by atoms with E-state index < -0.39 is 17.9 Å². The van der Waals surface area contributed by atoms with Crippen LogP contribution in [0.2, 0.25) is 0 Å². The third-order valence-corrected chi connectivity index (χ3v) is 6.37. The van der Waals surface area contributed by atoms with Gasteiger partial charge in [-0.15, -0.1) is 10.2 Å². The SMILES string of the molecule is Cc1cccc(NC(=O)CSc2nnc(CC3CC(=O)NC(=O)N3)n2-c2ccc(F)cc2)c1C. The van der Waals surface area contributed by atoms with E-state index in [1.165, 1.54) is 23.9 Å². The van der Waals surface area contributed by atoms with Gasteiger partial charge >= 0.3 is 6.03 Å². The molecule has 2 heterocycles. The van der Waals surface area contributed by atoms with E-state index in [1.807, 2.05) is 32.0 Å². The quantitative estimate of drug-likeness (QED) is 0.446. The predicted octanol–water partition coefficient (Wildman–Crippen LogP) is 2.89. The van der Waals surface area contributed by atoms with Crippen molar-refractivity contribution in [2.45, 2.75) is 37.9 Å². The highest BCUT2D eigenvalue weighted by molar-refractivity contribution is 7.99. The number of urea groups is 1. The monoisotopic (exact) mass is 482 g/mol. The van der Waals surface area contributed by atoms with Gasteiger partial charge in [-0.1, -0.05) is 23.9 Å². The Labute approximate surface area is 199 Å². The molecule has 3 N–H and O–H groups in total. The number of aromatic nitrogens is 3. The van der Waals surface area contributed by atoms with E-state index in [1.54, 1.807) is 16.7 Å². The van der Waals surface area contributed by atoms with Gasteiger partial charge in [0.15, 0.2) is 5.16 Å². The van der Waals surface area contributed by atoms with Crippen molar-refractivity contribution >= 4 is 35.3 Å². The molecule has 9 nitrogen and oxygen atoms in total. The number of anilines is 1. The molecule has 4 amide bonds. The molecule has 1 aliphatic heterocycles. The number of hydrogen-bond acceptors (Lipinski definition) is 6. The molecule has 1 unspecified atom stereocenters. The number of nitrogens with one attached hydrogen (secondary N) is 3. The van der Waals surface area contributed by atoms with Gasteiger partial charge in [0.05, 0.1) is 5.75 Å². The molecule has 1 aromatic heterocycles. The molecule has 0 radical (unpaired) electrons. The largest absolute Gasteiger partial charge is 0.334 e. The van der Waals surface area contributed by atoms with E-state index in [0.717, 1.165) is 16.8 Å². The van der Waals surface area contributed by atoms with E-state index in [-0.39, 0.29) is 30.4 Å². The maximum absolute atomic E-state index is 13.5. The second kappa shape index (κ2) is 10.0. The van der Waals surface area contributed by atoms with E-state index in [9.17, 15) is 18.8 Å². The van der Waals surface area contributed by atoms with Crippen molar-refractivity contribution in [1.29, 1.82) is 0 Å². The van der Waals surface area contributed by atoms with Gasteiger partial charge in [0, 0.05) is 30.3 Å². The van der Waals surface area contributed by atoms with Crippen molar-refractivity contribution in [2.24, 2.45) is 0 Å². The minimum absolute atomic E-state index is 0.0787. The second-order valence-electron chi connectivity index (χ2n) is 7.92. The Kier molecular flexibility index (Phi) is 6.92. The lowest BCUT2D eigenvalue weighted by molar-refractivity contribution is -0.121. The van der Waals surface area contributed by atoms with Gasteiger partial charge < -0.3 is 10.6 Å². The minimum atomic E-state index is -0.563. The van der Waals surface area contributed by atoms with Gasteiger partial charge in [0.1, 0.15) is 11.6 Å². The summed E-state index contributed by atoms with van der Waals surface area (Å²) in [4.78, 5) is 36.0. The summed E-state index contributed by atoms with van der Waals surface area (Å²) in [6, 6.07) is 10.5. The maximum atomic E-state index is 13.5. The molecule has 0 spiro atoms. The summed E-state index contributed by atoms with van der Waals surface area (Å²) in [7, 11) is 0. The van der Waals surface area contributed by atoms with Crippen LogP contribution < -0.4 is 16.0 Å². The van der Waals surface area contributed by atoms with Gasteiger partial charge in [-0.2, -0.15) is 0 Å². The van der Waals surface area contributed by atoms with Crippen molar-refractivity contribution in [3.05, 3.63) is 65.2 Å². The molecule has 0 aliphatic carbocycles. The Morgan fingerprint density at radius 3 is 2.68 bits per heavy atom. The number of aryl methyl sites for hydroxylation is 1. The van der Waals surface area contributed by atoms with E-state index >= 15 is 0 Å². The van der Waals surface area contributed by atoms with Crippen LogP contribution >= 0.6 is 11.8 Å². The van der Waals surface area contributed by atoms with Gasteiger partial charge in [-0.25, -0.2) is 9.18 Å². The molecule has 176 valence electrons. The minimum Gasteiger partial charge on any atom is -0.334 e. The van der Waals surface area contributed by atoms with Crippen LogP contribution in [0.3, 0.4) is 0 Å². The number of amides is 4. The number of thioether (sulfide) groups is 1. The Morgan fingerprint density at radius 2 is 1.94 bits per heavy atom. The van der Waals surface area contributed by atoms with Gasteiger partial charge in [-0.3, -0.25) is 19.5 Å². The summed E-state index contributed by atoms with van der Waals surface area (Å²) in [6.45, 7) is 3.92. The summed E-state index contributed by atoms with van der Waals surface area (Å²) >= 11 is 1.18. The molecule has 1 fully saturated rings. The highest BCUT2D eigenvalue weighted by atomic mass is 32.2. The van der Waals surface area contributed by atoms with Crippen molar-refractivity contribution in [1.82, 2.24) is 25.4 Å². The number of carbonyl (C=O) groups is 3. The fraction of sp³-hybridized carbons (Fsp3) is 0.261. The molecule has 0 saturated carbocycles. The number of halogens is 1. The van der Waals surface area contributed by atoms with Crippen LogP contribution in [0, 0.1) is 19.7 Å². The molecule has 4 rings (SSSR count). The molecule has 11 heteroatoms. The van der Waals surface area contributed by atoms with E-state index in [4.69, 9.17) is 0 Å². The average molecular weight is 483 g/mol. The third kappa shape index (κ3) is 5.42. The molecule has 34 heavy (non-hydrogen) atoms. The van der Waals surface area contributed by atoms with Gasteiger partial charge in [0.25, 0.3) is 0 Å². The zero-order valence-corrected chi connectivity index (χ0v) is 19.4. The molecule has 3 aromatic rings. The van der Waals surface area contributed by atoms with Crippen molar-refractivity contribution in [3.63, 3.8) is 0 Å². The molecule has 1 atom stereocenters. The van der Waals surface area contributed by atoms with Crippen LogP contribution in [0.15, 0.2) is 47.6 Å². The topological polar surface area (TPSA) is 118 Å². The summed E-state index contributed by atoms with van der Waals surface area (Å²) in [6.07, 6.45) is 0.335. The smallest absolute Gasteiger partial charge is 0.321 e. The highest BCUT2D eigenvalue weighted by Gasteiger charge is 2.27. The fourth-order valence-corrected chi connectivity index (χ4v) is 4.37. The molecule has 2 aromatic carbocycles. The lowest BCUT2D eigenvalue weighted by Crippen LogP contribution is -2.53. The zero-order valence-electron chi connectivity index (χ0n) is 18.6. The van der Waals surface area contributed by atoms with Crippen molar-refractivity contribution < 1.29 is 18.8 Å². The first-order valence-electron chi connectivity index (χ1n) is 10.6. The first-order valence-corrected chi connectivity index (χ1v) is 11.6. The van der Waals surface area contributed by atoms with Crippen LogP contribution in [0.1, 0.15) is 23.4 Å². The number of imide groups is 1. The summed E-state index contributed by atoms with van der Waals surface area (Å²) in [5.74, 6) is -0.417. The summed E-state index contributed by atoms with van der Waals surface area (Å²) in [5.41, 5.74) is 3.42. The van der Waals surface area contributed by atoms with Crippen LogP contribution in [0.25, 0.3) is 5.69 Å². The maximum Gasteiger partial charge on any atom is 0.321 e. The lowest BCUT2D eigenvalue weighted by Gasteiger charge is -2.23. The van der Waals surface area contributed by atoms with E-state index in [0.29, 0.717) is 16.7 Å².